The van der Waals surface area contributed by atoms with Crippen molar-refractivity contribution in [1.29, 1.82) is 0 Å². The summed E-state index contributed by atoms with van der Waals surface area (Å²) in [5, 5.41) is 9.47. The first-order valence-corrected chi connectivity index (χ1v) is 6.87. The van der Waals surface area contributed by atoms with Crippen molar-refractivity contribution >= 4 is 7.82 Å². The molecule has 1 unspecified atom stereocenters. The number of aliphatic hydroxyl groups excluding tert-OH is 1. The van der Waals surface area contributed by atoms with Crippen LogP contribution in [0.3, 0.4) is 0 Å². The highest BCUT2D eigenvalue weighted by Gasteiger charge is 2.66. The van der Waals surface area contributed by atoms with Gasteiger partial charge in [0.2, 0.25) is 0 Å². The molecule has 2 bridgehead atoms. The van der Waals surface area contributed by atoms with E-state index in [0.717, 1.165) is 7.11 Å². The minimum absolute atomic E-state index is 0.305. The van der Waals surface area contributed by atoms with Crippen LogP contribution in [-0.2, 0) is 23.1 Å². The summed E-state index contributed by atoms with van der Waals surface area (Å²) in [6, 6.07) is 0. The minimum Gasteiger partial charge on any atom is -0.393 e. The Morgan fingerprint density at radius 3 is 2.65 bits per heavy atom. The van der Waals surface area contributed by atoms with Gasteiger partial charge in [-0.3, -0.25) is 9.05 Å². The Balaban J connectivity index is 2.25. The zero-order valence-electron chi connectivity index (χ0n) is 9.90. The number of ether oxygens (including phenoxy) is 2. The molecule has 0 spiro atoms. The SMILES string of the molecule is COP(=O)(O)O[C@H]1[C@H]2O[C@H](C)[C@@]1(CO)O[C@H]2C. The van der Waals surface area contributed by atoms with E-state index in [1.165, 1.54) is 0 Å². The van der Waals surface area contributed by atoms with Crippen molar-refractivity contribution in [2.24, 2.45) is 0 Å². The summed E-state index contributed by atoms with van der Waals surface area (Å²) >= 11 is 0. The highest BCUT2D eigenvalue weighted by atomic mass is 31.2. The molecule has 100 valence electrons. The molecule has 8 heteroatoms. The summed E-state index contributed by atoms with van der Waals surface area (Å²) in [4.78, 5) is 9.35. The summed E-state index contributed by atoms with van der Waals surface area (Å²) < 4.78 is 32.1. The Bertz CT molecular complexity index is 348. The molecule has 0 aliphatic carbocycles. The molecule has 7 nitrogen and oxygen atoms in total. The van der Waals surface area contributed by atoms with Crippen LogP contribution in [0, 0.1) is 0 Å². The zero-order valence-corrected chi connectivity index (χ0v) is 10.8. The van der Waals surface area contributed by atoms with E-state index < -0.39 is 31.7 Å². The smallest absolute Gasteiger partial charge is 0.393 e. The van der Waals surface area contributed by atoms with Gasteiger partial charge < -0.3 is 19.5 Å². The first kappa shape index (κ1) is 13.4. The Hall–Kier alpha value is -0.0100. The first-order valence-electron chi connectivity index (χ1n) is 5.37. The number of phosphoric ester groups is 1. The topological polar surface area (TPSA) is 94.5 Å². The van der Waals surface area contributed by atoms with Gasteiger partial charge in [-0.05, 0) is 13.8 Å². The van der Waals surface area contributed by atoms with Crippen LogP contribution in [0.5, 0.6) is 0 Å². The first-order chi connectivity index (χ1) is 7.86. The fourth-order valence-electron chi connectivity index (χ4n) is 2.46. The van der Waals surface area contributed by atoms with Crippen LogP contribution in [-0.4, -0.2) is 53.7 Å². The number of hydrogen-bond acceptors (Lipinski definition) is 6. The molecule has 0 aromatic heterocycles. The molecule has 0 radical (unpaired) electrons. The Morgan fingerprint density at radius 1 is 1.47 bits per heavy atom. The average molecular weight is 268 g/mol. The lowest BCUT2D eigenvalue weighted by molar-refractivity contribution is -0.189. The van der Waals surface area contributed by atoms with Gasteiger partial charge in [0, 0.05) is 7.11 Å². The monoisotopic (exact) mass is 268 g/mol. The lowest BCUT2D eigenvalue weighted by atomic mass is 9.94. The normalized spacial score (nSPS) is 48.3. The summed E-state index contributed by atoms with van der Waals surface area (Å²) in [6.07, 6.45) is -2.00. The van der Waals surface area contributed by atoms with Crippen molar-refractivity contribution in [3.63, 3.8) is 0 Å². The van der Waals surface area contributed by atoms with Gasteiger partial charge in [0.05, 0.1) is 18.8 Å². The molecule has 2 aliphatic rings. The quantitative estimate of drug-likeness (QED) is 0.696. The summed E-state index contributed by atoms with van der Waals surface area (Å²) in [5.41, 5.74) is -1.10. The van der Waals surface area contributed by atoms with Crippen molar-refractivity contribution in [2.75, 3.05) is 13.7 Å². The standard InChI is InChI=1S/C9H17O7P/c1-5-7-8(16-17(11,12)13-3)9(4-10,15-5)6(2)14-7/h5-8,10H,4H2,1-3H3,(H,11,12)/t5-,6+,7-,8-,9+/m0/s1. The molecule has 2 saturated heterocycles. The highest BCUT2D eigenvalue weighted by molar-refractivity contribution is 7.47. The molecule has 0 amide bonds. The fraction of sp³-hybridized carbons (Fsp3) is 1.00. The van der Waals surface area contributed by atoms with Gasteiger partial charge in [-0.2, -0.15) is 0 Å². The number of hydrogen-bond donors (Lipinski definition) is 2. The second kappa shape index (κ2) is 4.28. The number of aliphatic hydroxyl groups is 1. The van der Waals surface area contributed by atoms with Crippen molar-refractivity contribution in [3.8, 4) is 0 Å². The lowest BCUT2D eigenvalue weighted by Gasteiger charge is -2.33. The Labute approximate surface area is 99.2 Å². The fourth-order valence-corrected chi connectivity index (χ4v) is 3.13. The maximum absolute atomic E-state index is 11.4. The van der Waals surface area contributed by atoms with Crippen LogP contribution in [0.4, 0.5) is 0 Å². The third kappa shape index (κ3) is 1.96. The second-order valence-electron chi connectivity index (χ2n) is 4.36. The third-order valence-corrected chi connectivity index (χ3v) is 4.38. The van der Waals surface area contributed by atoms with Gasteiger partial charge in [0.25, 0.3) is 0 Å². The van der Waals surface area contributed by atoms with Crippen LogP contribution < -0.4 is 0 Å². The number of phosphoric acid groups is 1. The Kier molecular flexibility index (Phi) is 3.38. The van der Waals surface area contributed by atoms with E-state index in [9.17, 15) is 14.6 Å². The molecule has 0 aromatic rings. The summed E-state index contributed by atoms with van der Waals surface area (Å²) in [5.74, 6) is 0. The van der Waals surface area contributed by atoms with Crippen molar-refractivity contribution in [1.82, 2.24) is 0 Å². The molecule has 2 fully saturated rings. The van der Waals surface area contributed by atoms with Gasteiger partial charge in [-0.15, -0.1) is 0 Å². The van der Waals surface area contributed by atoms with E-state index in [1.54, 1.807) is 13.8 Å². The van der Waals surface area contributed by atoms with E-state index >= 15 is 0 Å². The average Bonchev–Trinajstić information content (AvgIpc) is 2.67. The molecule has 17 heavy (non-hydrogen) atoms. The van der Waals surface area contributed by atoms with Crippen molar-refractivity contribution < 1.29 is 33.1 Å². The predicted octanol–water partition coefficient (Wildman–Crippen LogP) is 0.0555. The van der Waals surface area contributed by atoms with Gasteiger partial charge in [0.15, 0.2) is 0 Å². The largest absolute Gasteiger partial charge is 0.472 e. The maximum atomic E-state index is 11.4. The molecule has 2 aliphatic heterocycles. The minimum atomic E-state index is -4.14. The van der Waals surface area contributed by atoms with E-state index in [2.05, 4.69) is 4.52 Å². The molecule has 2 heterocycles. The lowest BCUT2D eigenvalue weighted by Crippen LogP contribution is -2.50. The van der Waals surface area contributed by atoms with Crippen molar-refractivity contribution in [2.45, 2.75) is 43.9 Å². The zero-order chi connectivity index (χ0) is 12.8. The third-order valence-electron chi connectivity index (χ3n) is 3.42. The molecule has 0 aromatic carbocycles. The van der Waals surface area contributed by atoms with Crippen LogP contribution in [0.25, 0.3) is 0 Å². The molecule has 2 rings (SSSR count). The predicted molar refractivity (Wildman–Crippen MR) is 56.4 cm³/mol. The molecule has 6 atom stereocenters. The molecular weight excluding hydrogens is 251 g/mol. The second-order valence-corrected chi connectivity index (χ2v) is 5.87. The van der Waals surface area contributed by atoms with E-state index in [1.807, 2.05) is 0 Å². The Morgan fingerprint density at radius 2 is 2.12 bits per heavy atom. The van der Waals surface area contributed by atoms with Gasteiger partial charge in [-0.1, -0.05) is 0 Å². The van der Waals surface area contributed by atoms with Crippen LogP contribution >= 0.6 is 7.82 Å². The van der Waals surface area contributed by atoms with E-state index in [4.69, 9.17) is 14.0 Å². The maximum Gasteiger partial charge on any atom is 0.472 e. The number of fused-ring (bicyclic) bond motifs is 2. The van der Waals surface area contributed by atoms with Gasteiger partial charge in [-0.25, -0.2) is 4.57 Å². The molecule has 2 N–H and O–H groups in total. The number of rotatable bonds is 4. The van der Waals surface area contributed by atoms with Crippen LogP contribution in [0.15, 0.2) is 0 Å². The highest BCUT2D eigenvalue weighted by Crippen LogP contribution is 2.53. The molecular formula is C9H17O7P. The van der Waals surface area contributed by atoms with Crippen LogP contribution in [0.1, 0.15) is 13.8 Å². The van der Waals surface area contributed by atoms with E-state index in [-0.39, 0.29) is 12.7 Å². The summed E-state index contributed by atoms with van der Waals surface area (Å²) in [6.45, 7) is 3.15. The summed E-state index contributed by atoms with van der Waals surface area (Å²) in [7, 11) is -3.06. The molecule has 0 saturated carbocycles. The van der Waals surface area contributed by atoms with E-state index in [0.29, 0.717) is 0 Å². The van der Waals surface area contributed by atoms with Crippen LogP contribution in [0.2, 0.25) is 0 Å². The van der Waals surface area contributed by atoms with Gasteiger partial charge >= 0.3 is 7.82 Å². The van der Waals surface area contributed by atoms with Gasteiger partial charge in [0.1, 0.15) is 17.8 Å². The van der Waals surface area contributed by atoms with Crippen molar-refractivity contribution in [3.05, 3.63) is 0 Å².